The molecule has 8 nitrogen and oxygen atoms in total. The molecule has 3 saturated heterocycles. The number of nitrogens with zero attached hydrogens (tertiary/aromatic N) is 3. The van der Waals surface area contributed by atoms with E-state index in [2.05, 4.69) is 29.1 Å². The van der Waals surface area contributed by atoms with Crippen LogP contribution in [0, 0.1) is 17.8 Å². The first-order chi connectivity index (χ1) is 19.0. The smallest absolute Gasteiger partial charge is 0.248 e. The average molecular weight is 617 g/mol. The van der Waals surface area contributed by atoms with E-state index in [1.807, 2.05) is 58.0 Å². The number of amides is 3. The standard InChI is InChI=1S/C31H42BrN3O5/c1-7-14-33(17-21-12-10-9-11-13-21)28(37)24-25-29(38)35(23(18-36)19(3)4)27(30(39)34(15-8-2)20(5)6)31(25)16-22(32)26(24)40-31/h7-13,19-20,22-27,36H,1-2,14-18H2,3-6H3/t22?,23-,24-,25-,26-,27?,31?/m0/s1. The number of benzene rings is 1. The first-order valence-corrected chi connectivity index (χ1v) is 15.0. The van der Waals surface area contributed by atoms with Crippen molar-refractivity contribution in [2.24, 2.45) is 17.8 Å². The van der Waals surface area contributed by atoms with Gasteiger partial charge < -0.3 is 24.5 Å². The Balaban J connectivity index is 1.80. The summed E-state index contributed by atoms with van der Waals surface area (Å²) >= 11 is 3.75. The first-order valence-electron chi connectivity index (χ1n) is 14.1. The Morgan fingerprint density at radius 3 is 2.35 bits per heavy atom. The van der Waals surface area contributed by atoms with E-state index in [9.17, 15) is 19.5 Å². The van der Waals surface area contributed by atoms with E-state index < -0.39 is 35.6 Å². The summed E-state index contributed by atoms with van der Waals surface area (Å²) in [5, 5.41) is 10.4. The molecule has 0 aromatic heterocycles. The van der Waals surface area contributed by atoms with Crippen LogP contribution in [0.5, 0.6) is 0 Å². The van der Waals surface area contributed by atoms with Crippen LogP contribution in [0.15, 0.2) is 55.6 Å². The lowest BCUT2D eigenvalue weighted by Crippen LogP contribution is -2.60. The van der Waals surface area contributed by atoms with Crippen molar-refractivity contribution in [1.82, 2.24) is 14.7 Å². The van der Waals surface area contributed by atoms with Gasteiger partial charge in [0.15, 0.2) is 0 Å². The van der Waals surface area contributed by atoms with Crippen molar-refractivity contribution in [3.63, 3.8) is 0 Å². The number of aliphatic hydroxyl groups is 1. The molecule has 1 N–H and O–H groups in total. The Hall–Kier alpha value is -2.49. The number of fused-ring (bicyclic) bond motifs is 1. The minimum Gasteiger partial charge on any atom is -0.394 e. The van der Waals surface area contributed by atoms with Crippen molar-refractivity contribution < 1.29 is 24.2 Å². The molecule has 1 aromatic carbocycles. The van der Waals surface area contributed by atoms with Crippen LogP contribution in [0.1, 0.15) is 39.7 Å². The van der Waals surface area contributed by atoms with E-state index in [0.717, 1.165) is 5.56 Å². The van der Waals surface area contributed by atoms with E-state index >= 15 is 0 Å². The molecule has 7 atom stereocenters. The lowest BCUT2D eigenvalue weighted by Gasteiger charge is -2.41. The van der Waals surface area contributed by atoms with Gasteiger partial charge in [0.2, 0.25) is 17.7 Å². The van der Waals surface area contributed by atoms with Gasteiger partial charge in [-0.15, -0.1) is 13.2 Å². The van der Waals surface area contributed by atoms with Gasteiger partial charge in [0.05, 0.1) is 30.6 Å². The zero-order valence-electron chi connectivity index (χ0n) is 23.9. The summed E-state index contributed by atoms with van der Waals surface area (Å²) < 4.78 is 6.69. The van der Waals surface area contributed by atoms with Crippen LogP contribution in [0.3, 0.4) is 0 Å². The average Bonchev–Trinajstić information content (AvgIpc) is 3.50. The fourth-order valence-corrected chi connectivity index (χ4v) is 7.80. The molecule has 3 amide bonds. The van der Waals surface area contributed by atoms with E-state index in [4.69, 9.17) is 4.74 Å². The summed E-state index contributed by atoms with van der Waals surface area (Å²) in [6.45, 7) is 16.1. The fraction of sp³-hybridized carbons (Fsp3) is 0.581. The number of ether oxygens (including phenoxy) is 1. The number of likely N-dealkylation sites (tertiary alicyclic amines) is 1. The number of hydrogen-bond donors (Lipinski definition) is 1. The highest BCUT2D eigenvalue weighted by Crippen LogP contribution is 2.61. The number of rotatable bonds is 12. The van der Waals surface area contributed by atoms with Crippen LogP contribution in [0.4, 0.5) is 0 Å². The second-order valence-electron chi connectivity index (χ2n) is 11.8. The second kappa shape index (κ2) is 12.2. The Labute approximate surface area is 246 Å². The topological polar surface area (TPSA) is 90.4 Å². The highest BCUT2D eigenvalue weighted by Gasteiger charge is 2.77. The third-order valence-electron chi connectivity index (χ3n) is 8.67. The van der Waals surface area contributed by atoms with E-state index in [1.165, 1.54) is 0 Å². The minimum absolute atomic E-state index is 0.118. The molecular formula is C31H42BrN3O5. The molecular weight excluding hydrogens is 574 g/mol. The molecule has 3 unspecified atom stereocenters. The molecule has 3 fully saturated rings. The summed E-state index contributed by atoms with van der Waals surface area (Å²) in [7, 11) is 0. The second-order valence-corrected chi connectivity index (χ2v) is 12.9. The largest absolute Gasteiger partial charge is 0.394 e. The summed E-state index contributed by atoms with van der Waals surface area (Å²) in [5.41, 5.74) is -0.215. The van der Waals surface area contributed by atoms with Gasteiger partial charge in [-0.25, -0.2) is 0 Å². The quantitative estimate of drug-likeness (QED) is 0.288. The summed E-state index contributed by atoms with van der Waals surface area (Å²) in [6, 6.07) is 7.99. The molecule has 0 aliphatic carbocycles. The molecule has 0 radical (unpaired) electrons. The number of carbonyl (C=O) groups is 3. The SMILES string of the molecule is C=CCN(Cc1ccccc1)C(=O)[C@H]1[C@H]2C(=O)N([C@@H](CO)C(C)C)C(C(=O)N(CC=C)C(C)C)C23CC(Br)[C@@H]1O3. The van der Waals surface area contributed by atoms with Crippen molar-refractivity contribution in [3.8, 4) is 0 Å². The molecule has 9 heteroatoms. The van der Waals surface area contributed by atoms with Crippen LogP contribution in [0.2, 0.25) is 0 Å². The zero-order chi connectivity index (χ0) is 29.4. The first kappa shape index (κ1) is 30.5. The highest BCUT2D eigenvalue weighted by atomic mass is 79.9. The van der Waals surface area contributed by atoms with Gasteiger partial charge in [0.1, 0.15) is 11.6 Å². The molecule has 3 aliphatic heterocycles. The van der Waals surface area contributed by atoms with Crippen LogP contribution < -0.4 is 0 Å². The number of carbonyl (C=O) groups excluding carboxylic acids is 3. The Bertz CT molecular complexity index is 1130. The summed E-state index contributed by atoms with van der Waals surface area (Å²) in [4.78, 5) is 47.9. The van der Waals surface area contributed by atoms with Gasteiger partial charge in [-0.1, -0.05) is 72.3 Å². The monoisotopic (exact) mass is 615 g/mol. The van der Waals surface area contributed by atoms with Crippen molar-refractivity contribution in [2.45, 2.75) is 75.3 Å². The predicted octanol–water partition coefficient (Wildman–Crippen LogP) is 3.39. The van der Waals surface area contributed by atoms with Crippen LogP contribution in [-0.4, -0.2) is 91.9 Å². The van der Waals surface area contributed by atoms with Crippen molar-refractivity contribution in [2.75, 3.05) is 19.7 Å². The molecule has 218 valence electrons. The number of alkyl halides is 1. The van der Waals surface area contributed by atoms with E-state index in [-0.39, 0.29) is 41.1 Å². The zero-order valence-corrected chi connectivity index (χ0v) is 25.5. The van der Waals surface area contributed by atoms with Gasteiger partial charge in [-0.05, 0) is 31.7 Å². The Kier molecular flexibility index (Phi) is 9.27. The Morgan fingerprint density at radius 1 is 1.15 bits per heavy atom. The van der Waals surface area contributed by atoms with E-state index in [1.54, 1.807) is 26.9 Å². The molecule has 1 aromatic rings. The normalized spacial score (nSPS) is 29.6. The summed E-state index contributed by atoms with van der Waals surface area (Å²) in [6.07, 6.45) is 3.22. The maximum Gasteiger partial charge on any atom is 0.248 e. The van der Waals surface area contributed by atoms with Crippen molar-refractivity contribution >= 4 is 33.7 Å². The van der Waals surface area contributed by atoms with Gasteiger partial charge in [0, 0.05) is 30.5 Å². The molecule has 1 spiro atoms. The number of aliphatic hydroxyl groups excluding tert-OH is 1. The molecule has 3 heterocycles. The lowest BCUT2D eigenvalue weighted by atomic mass is 9.70. The summed E-state index contributed by atoms with van der Waals surface area (Å²) in [5.74, 6) is -2.46. The molecule has 0 saturated carbocycles. The Morgan fingerprint density at radius 2 is 1.80 bits per heavy atom. The third kappa shape index (κ3) is 5.05. The molecule has 40 heavy (non-hydrogen) atoms. The maximum absolute atomic E-state index is 14.4. The molecule has 2 bridgehead atoms. The predicted molar refractivity (Wildman–Crippen MR) is 157 cm³/mol. The lowest BCUT2D eigenvalue weighted by molar-refractivity contribution is -0.153. The van der Waals surface area contributed by atoms with Crippen LogP contribution in [0.25, 0.3) is 0 Å². The molecule has 4 rings (SSSR count). The van der Waals surface area contributed by atoms with Gasteiger partial charge in [-0.3, -0.25) is 14.4 Å². The van der Waals surface area contributed by atoms with Gasteiger partial charge >= 0.3 is 0 Å². The number of hydrogen-bond acceptors (Lipinski definition) is 5. The molecule has 3 aliphatic rings. The third-order valence-corrected chi connectivity index (χ3v) is 9.51. The van der Waals surface area contributed by atoms with Gasteiger partial charge in [-0.2, -0.15) is 0 Å². The minimum atomic E-state index is -1.18. The maximum atomic E-state index is 14.4. The van der Waals surface area contributed by atoms with Crippen molar-refractivity contribution in [1.29, 1.82) is 0 Å². The van der Waals surface area contributed by atoms with Crippen LogP contribution in [-0.2, 0) is 25.7 Å². The van der Waals surface area contributed by atoms with E-state index in [0.29, 0.717) is 26.1 Å². The van der Waals surface area contributed by atoms with Gasteiger partial charge in [0.25, 0.3) is 0 Å². The highest BCUT2D eigenvalue weighted by molar-refractivity contribution is 9.09. The van der Waals surface area contributed by atoms with Crippen molar-refractivity contribution in [3.05, 3.63) is 61.2 Å². The number of halogens is 1. The fourth-order valence-electron chi connectivity index (χ4n) is 6.86. The van der Waals surface area contributed by atoms with Crippen LogP contribution >= 0.6 is 15.9 Å².